The Bertz CT molecular complexity index is 801. The van der Waals surface area contributed by atoms with Crippen LogP contribution in [-0.2, 0) is 11.2 Å². The van der Waals surface area contributed by atoms with Crippen molar-refractivity contribution in [1.82, 2.24) is 15.5 Å². The van der Waals surface area contributed by atoms with Gasteiger partial charge in [0.25, 0.3) is 0 Å². The molecule has 1 aromatic heterocycles. The van der Waals surface area contributed by atoms with Gasteiger partial charge in [-0.3, -0.25) is 9.89 Å². The van der Waals surface area contributed by atoms with Gasteiger partial charge in [-0.2, -0.15) is 0 Å². The summed E-state index contributed by atoms with van der Waals surface area (Å²) in [5.41, 5.74) is 1.40. The molecule has 1 aromatic carbocycles. The molecule has 6 nitrogen and oxygen atoms in total. The van der Waals surface area contributed by atoms with Crippen LogP contribution < -0.4 is 10.6 Å². The fourth-order valence-electron chi connectivity index (χ4n) is 4.62. The number of hydrogen-bond donors (Lipinski definition) is 2. The summed E-state index contributed by atoms with van der Waals surface area (Å²) < 4.78 is 11.3. The van der Waals surface area contributed by atoms with Crippen LogP contribution in [0, 0.1) is 0 Å². The molecule has 2 unspecified atom stereocenters. The Morgan fingerprint density at radius 2 is 1.91 bits per heavy atom. The summed E-state index contributed by atoms with van der Waals surface area (Å²) >= 11 is 0. The molecule has 2 N–H and O–H groups in total. The lowest BCUT2D eigenvalue weighted by atomic mass is 10.0. The largest absolute Gasteiger partial charge is 0.469 e. The monoisotopic (exact) mass is 566 g/mol. The number of furan rings is 1. The van der Waals surface area contributed by atoms with Gasteiger partial charge >= 0.3 is 0 Å². The lowest BCUT2D eigenvalue weighted by molar-refractivity contribution is 0.0224. The minimum atomic E-state index is 0. The zero-order valence-corrected chi connectivity index (χ0v) is 22.1. The van der Waals surface area contributed by atoms with Gasteiger partial charge in [-0.05, 0) is 56.7 Å². The van der Waals surface area contributed by atoms with E-state index in [1.165, 1.54) is 18.4 Å². The molecule has 3 heterocycles. The summed E-state index contributed by atoms with van der Waals surface area (Å²) in [6.07, 6.45) is 8.60. The molecule has 2 aliphatic heterocycles. The first-order chi connectivity index (χ1) is 15.8. The average Bonchev–Trinajstić information content (AvgIpc) is 3.37. The van der Waals surface area contributed by atoms with Crippen molar-refractivity contribution in [3.05, 3.63) is 60.1 Å². The van der Waals surface area contributed by atoms with Gasteiger partial charge in [-0.25, -0.2) is 0 Å². The number of piperidine rings is 1. The van der Waals surface area contributed by atoms with E-state index in [0.29, 0.717) is 12.1 Å². The van der Waals surface area contributed by atoms with E-state index >= 15 is 0 Å². The minimum absolute atomic E-state index is 0. The van der Waals surface area contributed by atoms with E-state index in [1.54, 1.807) is 6.26 Å². The SMILES string of the molecule is CC(c1ccccc1)N1CCC(NC(=NCC2CCCCO2)NCCc2ccco2)CC1.I. The van der Waals surface area contributed by atoms with Crippen LogP contribution in [0.4, 0.5) is 0 Å². The molecule has 182 valence electrons. The number of rotatable bonds is 8. The van der Waals surface area contributed by atoms with E-state index in [9.17, 15) is 0 Å². The Hall–Kier alpha value is -1.58. The molecule has 2 aromatic rings. The van der Waals surface area contributed by atoms with Crippen LogP contribution in [0.15, 0.2) is 58.1 Å². The number of aliphatic imine (C=N–C) groups is 1. The number of nitrogens with zero attached hydrogens (tertiary/aromatic N) is 2. The number of guanidine groups is 1. The molecule has 0 bridgehead atoms. The third kappa shape index (κ3) is 8.30. The van der Waals surface area contributed by atoms with E-state index < -0.39 is 0 Å². The van der Waals surface area contributed by atoms with E-state index in [0.717, 1.165) is 70.2 Å². The number of nitrogens with one attached hydrogen (secondary N) is 2. The van der Waals surface area contributed by atoms with Crippen LogP contribution in [-0.4, -0.2) is 55.8 Å². The van der Waals surface area contributed by atoms with Crippen LogP contribution in [0.3, 0.4) is 0 Å². The third-order valence-corrected chi connectivity index (χ3v) is 6.67. The Labute approximate surface area is 215 Å². The van der Waals surface area contributed by atoms with Gasteiger partial charge in [0.15, 0.2) is 5.96 Å². The number of benzene rings is 1. The van der Waals surface area contributed by atoms with Crippen molar-refractivity contribution >= 4 is 29.9 Å². The van der Waals surface area contributed by atoms with Crippen LogP contribution in [0.1, 0.15) is 56.4 Å². The highest BCUT2D eigenvalue weighted by Gasteiger charge is 2.24. The molecular weight excluding hydrogens is 527 g/mol. The lowest BCUT2D eigenvalue weighted by Gasteiger charge is -2.37. The quantitative estimate of drug-likeness (QED) is 0.274. The summed E-state index contributed by atoms with van der Waals surface area (Å²) in [5.74, 6) is 1.90. The lowest BCUT2D eigenvalue weighted by Crippen LogP contribution is -2.49. The Balaban J connectivity index is 0.00000306. The summed E-state index contributed by atoms with van der Waals surface area (Å²) in [4.78, 5) is 7.48. The molecule has 0 spiro atoms. The molecule has 0 amide bonds. The summed E-state index contributed by atoms with van der Waals surface area (Å²) in [6.45, 7) is 6.90. The van der Waals surface area contributed by atoms with E-state index in [2.05, 4.69) is 52.8 Å². The van der Waals surface area contributed by atoms with Gasteiger partial charge < -0.3 is 19.8 Å². The van der Waals surface area contributed by atoms with Crippen LogP contribution in [0.5, 0.6) is 0 Å². The molecule has 2 atom stereocenters. The van der Waals surface area contributed by atoms with Gasteiger partial charge in [0.2, 0.25) is 0 Å². The van der Waals surface area contributed by atoms with Crippen molar-refractivity contribution < 1.29 is 9.15 Å². The molecule has 2 saturated heterocycles. The zero-order valence-electron chi connectivity index (χ0n) is 19.7. The normalized spacial score (nSPS) is 21.2. The minimum Gasteiger partial charge on any atom is -0.469 e. The maximum absolute atomic E-state index is 5.88. The number of ether oxygens (including phenoxy) is 1. The van der Waals surface area contributed by atoms with Gasteiger partial charge in [0, 0.05) is 44.7 Å². The topological polar surface area (TPSA) is 62.0 Å². The molecule has 2 aliphatic rings. The molecule has 2 fully saturated rings. The fourth-order valence-corrected chi connectivity index (χ4v) is 4.62. The number of halogens is 1. The Morgan fingerprint density at radius 3 is 2.61 bits per heavy atom. The molecule has 0 radical (unpaired) electrons. The zero-order chi connectivity index (χ0) is 22.0. The Kier molecular flexibility index (Phi) is 11.0. The first-order valence-electron chi connectivity index (χ1n) is 12.3. The van der Waals surface area contributed by atoms with Crippen molar-refractivity contribution in [2.24, 2.45) is 4.99 Å². The van der Waals surface area contributed by atoms with Gasteiger partial charge in [0.05, 0.1) is 18.9 Å². The molecule has 0 aliphatic carbocycles. The predicted octanol–water partition coefficient (Wildman–Crippen LogP) is 4.77. The molecule has 7 heteroatoms. The smallest absolute Gasteiger partial charge is 0.191 e. The molecule has 33 heavy (non-hydrogen) atoms. The van der Waals surface area contributed by atoms with Gasteiger partial charge in [-0.1, -0.05) is 30.3 Å². The van der Waals surface area contributed by atoms with Gasteiger partial charge in [-0.15, -0.1) is 24.0 Å². The second-order valence-corrected chi connectivity index (χ2v) is 8.98. The van der Waals surface area contributed by atoms with Crippen LogP contribution >= 0.6 is 24.0 Å². The van der Waals surface area contributed by atoms with Crippen LogP contribution in [0.2, 0.25) is 0 Å². The summed E-state index contributed by atoms with van der Waals surface area (Å²) in [5, 5.41) is 7.22. The second kappa shape index (κ2) is 14.0. The Morgan fingerprint density at radius 1 is 1.09 bits per heavy atom. The van der Waals surface area contributed by atoms with Crippen molar-refractivity contribution in [2.45, 2.75) is 63.6 Å². The van der Waals surface area contributed by atoms with Crippen molar-refractivity contribution in [3.63, 3.8) is 0 Å². The van der Waals surface area contributed by atoms with Crippen LogP contribution in [0.25, 0.3) is 0 Å². The highest BCUT2D eigenvalue weighted by Crippen LogP contribution is 2.24. The molecule has 0 saturated carbocycles. The van der Waals surface area contributed by atoms with E-state index in [1.807, 2.05) is 12.1 Å². The van der Waals surface area contributed by atoms with Crippen molar-refractivity contribution in [3.8, 4) is 0 Å². The predicted molar refractivity (Wildman–Crippen MR) is 144 cm³/mol. The number of hydrogen-bond acceptors (Lipinski definition) is 4. The maximum Gasteiger partial charge on any atom is 0.191 e. The summed E-state index contributed by atoms with van der Waals surface area (Å²) in [7, 11) is 0. The van der Waals surface area contributed by atoms with Gasteiger partial charge in [0.1, 0.15) is 5.76 Å². The van der Waals surface area contributed by atoms with E-state index in [-0.39, 0.29) is 30.1 Å². The number of likely N-dealkylation sites (tertiary alicyclic amines) is 1. The molecular formula is C26H39IN4O2. The van der Waals surface area contributed by atoms with E-state index in [4.69, 9.17) is 14.1 Å². The summed E-state index contributed by atoms with van der Waals surface area (Å²) in [6, 6.07) is 15.7. The average molecular weight is 567 g/mol. The second-order valence-electron chi connectivity index (χ2n) is 8.98. The molecule has 4 rings (SSSR count). The first-order valence-corrected chi connectivity index (χ1v) is 12.3. The van der Waals surface area contributed by atoms with Crippen molar-refractivity contribution in [1.29, 1.82) is 0 Å². The van der Waals surface area contributed by atoms with Crippen molar-refractivity contribution in [2.75, 3.05) is 32.8 Å². The maximum atomic E-state index is 5.88. The first kappa shape index (κ1) is 26.0. The standard InChI is InChI=1S/C26H38N4O2.HI/c1-21(22-8-3-2-4-9-22)30-16-13-23(14-17-30)29-26(27-15-12-24-11-7-19-31-24)28-20-25-10-5-6-18-32-25;/h2-4,7-9,11,19,21,23,25H,5-6,10,12-18,20H2,1H3,(H2,27,28,29);1H. The fraction of sp³-hybridized carbons (Fsp3) is 0.577. The highest BCUT2D eigenvalue weighted by atomic mass is 127. The highest BCUT2D eigenvalue weighted by molar-refractivity contribution is 14.0. The third-order valence-electron chi connectivity index (χ3n) is 6.67.